The average Bonchev–Trinajstić information content (AvgIpc) is 2.55. The molecule has 3 nitrogen and oxygen atoms in total. The molecule has 1 N–H and O–H groups in total. The van der Waals surface area contributed by atoms with Crippen LogP contribution in [0.2, 0.25) is 10.0 Å². The molecule has 0 amide bonds. The lowest BCUT2D eigenvalue weighted by Crippen LogP contribution is -1.87. The number of ketones is 1. The fourth-order valence-corrected chi connectivity index (χ4v) is 2.22. The van der Waals surface area contributed by atoms with Crippen LogP contribution < -0.4 is 4.74 Å². The normalized spacial score (nSPS) is 11.3. The minimum absolute atomic E-state index is 0.0477. The monoisotopic (exact) mass is 348 g/mol. The van der Waals surface area contributed by atoms with Crippen molar-refractivity contribution < 1.29 is 14.6 Å². The number of carbonyl (C=O) groups excluding carboxylic acids is 1. The van der Waals surface area contributed by atoms with Crippen LogP contribution in [0.1, 0.15) is 11.1 Å². The number of methoxy groups -OCH3 is 1. The van der Waals surface area contributed by atoms with Crippen LogP contribution in [-0.4, -0.2) is 18.0 Å². The molecule has 0 heterocycles. The maximum atomic E-state index is 11.9. The fraction of sp³-hybridized carbons (Fsp3) is 0.0556. The van der Waals surface area contributed by atoms with Crippen molar-refractivity contribution in [3.8, 4) is 11.5 Å². The van der Waals surface area contributed by atoms with E-state index in [-0.39, 0.29) is 11.5 Å². The van der Waals surface area contributed by atoms with E-state index >= 15 is 0 Å². The first-order valence-corrected chi connectivity index (χ1v) is 7.48. The summed E-state index contributed by atoms with van der Waals surface area (Å²) >= 11 is 12.0. The van der Waals surface area contributed by atoms with Gasteiger partial charge in [0.2, 0.25) is 0 Å². The Morgan fingerprint density at radius 3 is 2.61 bits per heavy atom. The molecule has 23 heavy (non-hydrogen) atoms. The SMILES string of the molecule is COc1cc(/C=C/C(=O)/C=C/c2cccc(Cl)c2Cl)ccc1O. The molecular formula is C18H14Cl2O3. The van der Waals surface area contributed by atoms with E-state index in [1.807, 2.05) is 0 Å². The molecule has 2 aromatic rings. The van der Waals surface area contributed by atoms with Crippen LogP contribution in [0, 0.1) is 0 Å². The van der Waals surface area contributed by atoms with Crippen LogP contribution in [0.25, 0.3) is 12.2 Å². The molecule has 0 aromatic heterocycles. The Morgan fingerprint density at radius 2 is 1.87 bits per heavy atom. The van der Waals surface area contributed by atoms with E-state index in [0.717, 1.165) is 5.56 Å². The second-order valence-corrected chi connectivity index (χ2v) is 5.43. The number of allylic oxidation sites excluding steroid dienone is 2. The van der Waals surface area contributed by atoms with Gasteiger partial charge in [0.1, 0.15) is 0 Å². The lowest BCUT2D eigenvalue weighted by atomic mass is 10.1. The van der Waals surface area contributed by atoms with Crippen molar-refractivity contribution in [2.45, 2.75) is 0 Å². The predicted molar refractivity (Wildman–Crippen MR) is 94.2 cm³/mol. The van der Waals surface area contributed by atoms with Gasteiger partial charge in [-0.15, -0.1) is 0 Å². The number of benzene rings is 2. The number of carbonyl (C=O) groups is 1. The molecule has 0 atom stereocenters. The number of hydrogen-bond donors (Lipinski definition) is 1. The third kappa shape index (κ3) is 4.62. The van der Waals surface area contributed by atoms with Gasteiger partial charge in [-0.25, -0.2) is 0 Å². The average molecular weight is 349 g/mol. The van der Waals surface area contributed by atoms with Crippen molar-refractivity contribution in [2.75, 3.05) is 7.11 Å². The summed E-state index contributed by atoms with van der Waals surface area (Å²) in [6, 6.07) is 10.0. The van der Waals surface area contributed by atoms with E-state index in [9.17, 15) is 9.90 Å². The van der Waals surface area contributed by atoms with E-state index in [1.165, 1.54) is 25.3 Å². The minimum atomic E-state index is -0.201. The molecule has 2 aromatic carbocycles. The van der Waals surface area contributed by atoms with Gasteiger partial charge in [-0.2, -0.15) is 0 Å². The molecule has 0 aliphatic rings. The predicted octanol–water partition coefficient (Wildman–Crippen LogP) is 5.00. The summed E-state index contributed by atoms with van der Waals surface area (Å²) in [5.74, 6) is 0.195. The van der Waals surface area contributed by atoms with Crippen LogP contribution in [0.4, 0.5) is 0 Å². The molecule has 0 radical (unpaired) electrons. The van der Waals surface area contributed by atoms with Gasteiger partial charge >= 0.3 is 0 Å². The summed E-state index contributed by atoms with van der Waals surface area (Å²) in [5, 5.41) is 10.4. The second-order valence-electron chi connectivity index (χ2n) is 4.64. The third-order valence-corrected chi connectivity index (χ3v) is 3.89. The summed E-state index contributed by atoms with van der Waals surface area (Å²) in [7, 11) is 1.46. The highest BCUT2D eigenvalue weighted by atomic mass is 35.5. The number of rotatable bonds is 5. The van der Waals surface area contributed by atoms with E-state index in [0.29, 0.717) is 21.4 Å². The number of hydrogen-bond acceptors (Lipinski definition) is 3. The van der Waals surface area contributed by atoms with E-state index in [2.05, 4.69) is 0 Å². The zero-order valence-corrected chi connectivity index (χ0v) is 13.8. The number of phenolic OH excluding ortho intramolecular Hbond substituents is 1. The summed E-state index contributed by atoms with van der Waals surface area (Å²) in [6.45, 7) is 0. The Hall–Kier alpha value is -2.23. The van der Waals surface area contributed by atoms with Gasteiger partial charge in [0.25, 0.3) is 0 Å². The minimum Gasteiger partial charge on any atom is -0.504 e. The molecule has 0 spiro atoms. The zero-order valence-electron chi connectivity index (χ0n) is 12.3. The molecule has 2 rings (SSSR count). The van der Waals surface area contributed by atoms with Crippen molar-refractivity contribution in [1.29, 1.82) is 0 Å². The van der Waals surface area contributed by atoms with Crippen molar-refractivity contribution in [2.24, 2.45) is 0 Å². The van der Waals surface area contributed by atoms with Gasteiger partial charge in [0.15, 0.2) is 17.3 Å². The van der Waals surface area contributed by atoms with E-state index in [4.69, 9.17) is 27.9 Å². The highest BCUT2D eigenvalue weighted by Gasteiger charge is 2.02. The number of halogens is 2. The first kappa shape index (κ1) is 17.1. The summed E-state index contributed by atoms with van der Waals surface area (Å²) in [5.41, 5.74) is 1.41. The largest absolute Gasteiger partial charge is 0.504 e. The summed E-state index contributed by atoms with van der Waals surface area (Å²) < 4.78 is 5.01. The highest BCUT2D eigenvalue weighted by molar-refractivity contribution is 6.42. The van der Waals surface area contributed by atoms with E-state index < -0.39 is 0 Å². The molecule has 0 bridgehead atoms. The molecule has 0 unspecified atom stereocenters. The van der Waals surface area contributed by atoms with Crippen molar-refractivity contribution in [3.63, 3.8) is 0 Å². The Morgan fingerprint density at radius 1 is 1.13 bits per heavy atom. The Labute approximate surface area is 144 Å². The lowest BCUT2D eigenvalue weighted by molar-refractivity contribution is -0.110. The van der Waals surface area contributed by atoms with Gasteiger partial charge in [-0.1, -0.05) is 47.5 Å². The zero-order chi connectivity index (χ0) is 16.8. The van der Waals surface area contributed by atoms with E-state index in [1.54, 1.807) is 42.5 Å². The van der Waals surface area contributed by atoms with Crippen LogP contribution in [0.15, 0.2) is 48.6 Å². The van der Waals surface area contributed by atoms with Gasteiger partial charge in [-0.05, 0) is 47.6 Å². The Balaban J connectivity index is 2.10. The molecule has 0 aliphatic heterocycles. The Bertz CT molecular complexity index is 780. The van der Waals surface area contributed by atoms with Crippen LogP contribution in [0.5, 0.6) is 11.5 Å². The highest BCUT2D eigenvalue weighted by Crippen LogP contribution is 2.27. The smallest absolute Gasteiger partial charge is 0.178 e. The Kier molecular flexibility index (Phi) is 5.85. The molecule has 5 heteroatoms. The number of phenols is 1. The summed E-state index contributed by atoms with van der Waals surface area (Å²) in [6.07, 6.45) is 6.07. The van der Waals surface area contributed by atoms with Crippen molar-refractivity contribution in [1.82, 2.24) is 0 Å². The lowest BCUT2D eigenvalue weighted by Gasteiger charge is -2.03. The third-order valence-electron chi connectivity index (χ3n) is 3.05. The molecule has 0 aliphatic carbocycles. The standard InChI is InChI=1S/C18H14Cl2O3/c1-23-17-11-12(6-10-16(17)22)5-8-14(21)9-7-13-3-2-4-15(19)18(13)20/h2-11,22H,1H3/b8-5+,9-7+. The molecule has 0 saturated heterocycles. The molecule has 0 fully saturated rings. The van der Waals surface area contributed by atoms with Gasteiger partial charge in [0.05, 0.1) is 17.2 Å². The first-order chi connectivity index (χ1) is 11.0. The molecule has 118 valence electrons. The molecule has 0 saturated carbocycles. The van der Waals surface area contributed by atoms with Crippen LogP contribution >= 0.6 is 23.2 Å². The van der Waals surface area contributed by atoms with Gasteiger partial charge < -0.3 is 9.84 Å². The first-order valence-electron chi connectivity index (χ1n) is 6.72. The molecular weight excluding hydrogens is 335 g/mol. The fourth-order valence-electron chi connectivity index (χ4n) is 1.85. The van der Waals surface area contributed by atoms with Crippen molar-refractivity contribution in [3.05, 3.63) is 69.7 Å². The maximum absolute atomic E-state index is 11.9. The number of ether oxygens (including phenoxy) is 1. The van der Waals surface area contributed by atoms with Crippen molar-refractivity contribution >= 4 is 41.1 Å². The van der Waals surface area contributed by atoms with Gasteiger partial charge in [0, 0.05) is 0 Å². The quantitative estimate of drug-likeness (QED) is 0.773. The maximum Gasteiger partial charge on any atom is 0.178 e. The summed E-state index contributed by atoms with van der Waals surface area (Å²) in [4.78, 5) is 11.9. The van der Waals surface area contributed by atoms with Crippen LogP contribution in [-0.2, 0) is 4.79 Å². The second kappa shape index (κ2) is 7.86. The van der Waals surface area contributed by atoms with Crippen LogP contribution in [0.3, 0.4) is 0 Å². The van der Waals surface area contributed by atoms with Gasteiger partial charge in [-0.3, -0.25) is 4.79 Å². The number of aromatic hydroxyl groups is 1. The topological polar surface area (TPSA) is 46.5 Å².